The van der Waals surface area contributed by atoms with Crippen molar-refractivity contribution in [3.05, 3.63) is 29.8 Å². The molecule has 1 atom stereocenters. The molecule has 5 heteroatoms. The van der Waals surface area contributed by atoms with Crippen LogP contribution in [0.4, 0.5) is 4.79 Å². The minimum absolute atomic E-state index is 0.0908. The molecule has 1 heterocycles. The van der Waals surface area contributed by atoms with E-state index in [1.165, 1.54) is 11.8 Å². The Morgan fingerprint density at radius 2 is 2.04 bits per heavy atom. The molecule has 1 aromatic rings. The van der Waals surface area contributed by atoms with E-state index in [1.807, 2.05) is 49.9 Å². The minimum atomic E-state index is -0.893. The zero-order valence-corrected chi connectivity index (χ0v) is 15.3. The van der Waals surface area contributed by atoms with E-state index in [-0.39, 0.29) is 9.99 Å². The molecule has 0 aromatic heterocycles. The van der Waals surface area contributed by atoms with Crippen LogP contribution in [0.15, 0.2) is 24.3 Å². The van der Waals surface area contributed by atoms with Crippen molar-refractivity contribution in [2.45, 2.75) is 50.4 Å². The number of nitrogens with zero attached hydrogens (tertiary/aromatic N) is 1. The number of hydrogen-bond donors (Lipinski definition) is 1. The fourth-order valence-electron chi connectivity index (χ4n) is 2.83. The standard InChI is InChI=1S/C18H27NO3S/c1-17(2,3)23-16(20)19-11-6-9-18(21,10-12-19)14-7-5-8-15(13-14)22-4/h5,7-8,13,21H,6,9-12H2,1-4H3. The van der Waals surface area contributed by atoms with Crippen molar-refractivity contribution >= 4 is 17.0 Å². The maximum atomic E-state index is 12.4. The van der Waals surface area contributed by atoms with Crippen LogP contribution in [0.5, 0.6) is 5.75 Å². The summed E-state index contributed by atoms with van der Waals surface area (Å²) in [4.78, 5) is 14.3. The lowest BCUT2D eigenvalue weighted by molar-refractivity contribution is 0.0222. The molecular formula is C18H27NO3S. The van der Waals surface area contributed by atoms with Gasteiger partial charge in [-0.25, -0.2) is 0 Å². The second-order valence-corrected chi connectivity index (χ2v) is 8.86. The molecule has 0 bridgehead atoms. The summed E-state index contributed by atoms with van der Waals surface area (Å²) >= 11 is 1.36. The molecule has 1 aliphatic heterocycles. The van der Waals surface area contributed by atoms with Crippen molar-refractivity contribution in [1.29, 1.82) is 0 Å². The first-order valence-electron chi connectivity index (χ1n) is 8.08. The Balaban J connectivity index is 2.09. The molecule has 1 unspecified atom stereocenters. The third kappa shape index (κ3) is 4.88. The highest BCUT2D eigenvalue weighted by molar-refractivity contribution is 8.14. The Morgan fingerprint density at radius 1 is 1.30 bits per heavy atom. The van der Waals surface area contributed by atoms with Gasteiger partial charge in [-0.2, -0.15) is 0 Å². The zero-order valence-electron chi connectivity index (χ0n) is 14.5. The van der Waals surface area contributed by atoms with Crippen molar-refractivity contribution in [1.82, 2.24) is 4.90 Å². The topological polar surface area (TPSA) is 49.8 Å². The fourth-order valence-corrected chi connectivity index (χ4v) is 3.66. The normalized spacial score (nSPS) is 22.6. The molecule has 4 nitrogen and oxygen atoms in total. The molecule has 2 rings (SSSR count). The molecule has 1 saturated heterocycles. The third-order valence-corrected chi connectivity index (χ3v) is 5.12. The predicted octanol–water partition coefficient (Wildman–Crippen LogP) is 4.02. The number of thioether (sulfide) groups is 1. The lowest BCUT2D eigenvalue weighted by Crippen LogP contribution is -2.33. The molecule has 128 valence electrons. The monoisotopic (exact) mass is 337 g/mol. The van der Waals surface area contributed by atoms with E-state index in [4.69, 9.17) is 4.74 Å². The largest absolute Gasteiger partial charge is 0.497 e. The van der Waals surface area contributed by atoms with Gasteiger partial charge in [0.2, 0.25) is 0 Å². The number of benzene rings is 1. The van der Waals surface area contributed by atoms with Crippen molar-refractivity contribution in [2.24, 2.45) is 0 Å². The summed E-state index contributed by atoms with van der Waals surface area (Å²) < 4.78 is 5.17. The van der Waals surface area contributed by atoms with E-state index in [0.717, 1.165) is 17.7 Å². The van der Waals surface area contributed by atoms with Gasteiger partial charge in [-0.15, -0.1) is 0 Å². The van der Waals surface area contributed by atoms with Crippen molar-refractivity contribution in [2.75, 3.05) is 20.2 Å². The van der Waals surface area contributed by atoms with Crippen LogP contribution in [0.3, 0.4) is 0 Å². The minimum Gasteiger partial charge on any atom is -0.497 e. The highest BCUT2D eigenvalue weighted by atomic mass is 32.2. The number of amides is 1. The SMILES string of the molecule is COc1cccc(C2(O)CCCN(C(=O)SC(C)(C)C)CC2)c1. The maximum absolute atomic E-state index is 12.4. The summed E-state index contributed by atoms with van der Waals surface area (Å²) in [6, 6.07) is 7.60. The summed E-state index contributed by atoms with van der Waals surface area (Å²) in [5.74, 6) is 0.747. The zero-order chi connectivity index (χ0) is 17.1. The Kier molecular flexibility index (Phi) is 5.63. The summed E-state index contributed by atoms with van der Waals surface area (Å²) in [6.45, 7) is 7.41. The van der Waals surface area contributed by atoms with Gasteiger partial charge >= 0.3 is 0 Å². The lowest BCUT2D eigenvalue weighted by atomic mass is 9.87. The van der Waals surface area contributed by atoms with Gasteiger partial charge in [-0.05, 0) is 37.0 Å². The lowest BCUT2D eigenvalue weighted by Gasteiger charge is -2.28. The first kappa shape index (κ1) is 18.1. The van der Waals surface area contributed by atoms with Gasteiger partial charge in [-0.3, -0.25) is 4.79 Å². The first-order chi connectivity index (χ1) is 10.7. The molecule has 1 fully saturated rings. The van der Waals surface area contributed by atoms with Gasteiger partial charge in [0.1, 0.15) is 5.75 Å². The molecule has 0 radical (unpaired) electrons. The number of hydrogen-bond acceptors (Lipinski definition) is 4. The molecule has 0 spiro atoms. The molecule has 1 aliphatic rings. The molecule has 0 saturated carbocycles. The van der Waals surface area contributed by atoms with Crippen molar-refractivity contribution in [3.63, 3.8) is 0 Å². The highest BCUT2D eigenvalue weighted by Gasteiger charge is 2.34. The average molecular weight is 337 g/mol. The van der Waals surface area contributed by atoms with E-state index < -0.39 is 5.60 Å². The van der Waals surface area contributed by atoms with Gasteiger partial charge < -0.3 is 14.7 Å². The quantitative estimate of drug-likeness (QED) is 0.885. The summed E-state index contributed by atoms with van der Waals surface area (Å²) in [6.07, 6.45) is 2.00. The van der Waals surface area contributed by atoms with Crippen LogP contribution in [0.25, 0.3) is 0 Å². The summed E-state index contributed by atoms with van der Waals surface area (Å²) in [5, 5.41) is 11.2. The van der Waals surface area contributed by atoms with Crippen molar-refractivity contribution in [3.8, 4) is 5.75 Å². The van der Waals surface area contributed by atoms with Crippen LogP contribution in [0, 0.1) is 0 Å². The smallest absolute Gasteiger partial charge is 0.282 e. The number of methoxy groups -OCH3 is 1. The third-order valence-electron chi connectivity index (χ3n) is 4.07. The van der Waals surface area contributed by atoms with Gasteiger partial charge in [0.15, 0.2) is 0 Å². The van der Waals surface area contributed by atoms with Crippen LogP contribution in [0.1, 0.15) is 45.6 Å². The van der Waals surface area contributed by atoms with E-state index in [1.54, 1.807) is 7.11 Å². The maximum Gasteiger partial charge on any atom is 0.282 e. The number of ether oxygens (including phenoxy) is 1. The van der Waals surface area contributed by atoms with Gasteiger partial charge in [0.25, 0.3) is 5.24 Å². The first-order valence-corrected chi connectivity index (χ1v) is 8.90. The molecular weight excluding hydrogens is 310 g/mol. The Bertz CT molecular complexity index is 555. The van der Waals surface area contributed by atoms with Crippen LogP contribution < -0.4 is 4.74 Å². The van der Waals surface area contributed by atoms with Crippen LogP contribution >= 0.6 is 11.8 Å². The van der Waals surface area contributed by atoms with Crippen LogP contribution in [0.2, 0.25) is 0 Å². The van der Waals surface area contributed by atoms with Crippen LogP contribution in [-0.4, -0.2) is 40.2 Å². The molecule has 1 amide bonds. The average Bonchev–Trinajstić information content (AvgIpc) is 2.69. The number of aliphatic hydroxyl groups is 1. The summed E-state index contributed by atoms with van der Waals surface area (Å²) in [5.41, 5.74) is -0.0229. The molecule has 1 N–H and O–H groups in total. The van der Waals surface area contributed by atoms with E-state index >= 15 is 0 Å². The predicted molar refractivity (Wildman–Crippen MR) is 95.1 cm³/mol. The van der Waals surface area contributed by atoms with Gasteiger partial charge in [-0.1, -0.05) is 44.7 Å². The van der Waals surface area contributed by atoms with E-state index in [2.05, 4.69) is 0 Å². The number of carbonyl (C=O) groups excluding carboxylic acids is 1. The number of rotatable bonds is 2. The van der Waals surface area contributed by atoms with E-state index in [0.29, 0.717) is 25.9 Å². The Hall–Kier alpha value is -1.20. The van der Waals surface area contributed by atoms with Crippen molar-refractivity contribution < 1.29 is 14.6 Å². The van der Waals surface area contributed by atoms with Gasteiger partial charge in [0, 0.05) is 17.8 Å². The second-order valence-electron chi connectivity index (χ2n) is 7.08. The Morgan fingerprint density at radius 3 is 2.70 bits per heavy atom. The number of likely N-dealkylation sites (tertiary alicyclic amines) is 1. The second kappa shape index (κ2) is 7.14. The molecule has 23 heavy (non-hydrogen) atoms. The Labute approximate surface area is 143 Å². The fraction of sp³-hybridized carbons (Fsp3) is 0.611. The number of carbonyl (C=O) groups is 1. The van der Waals surface area contributed by atoms with Gasteiger partial charge in [0.05, 0.1) is 12.7 Å². The van der Waals surface area contributed by atoms with Crippen LogP contribution in [-0.2, 0) is 5.60 Å². The molecule has 0 aliphatic carbocycles. The highest BCUT2D eigenvalue weighted by Crippen LogP contribution is 2.35. The van der Waals surface area contributed by atoms with E-state index in [9.17, 15) is 9.90 Å². The molecule has 1 aromatic carbocycles. The summed E-state index contributed by atoms with van der Waals surface area (Å²) in [7, 11) is 1.63.